The zero-order chi connectivity index (χ0) is 14.4. The molecule has 1 N–H and O–H groups in total. The minimum Gasteiger partial charge on any atom is -0.348 e. The van der Waals surface area contributed by atoms with Crippen LogP contribution in [0, 0.1) is 23.2 Å². The highest BCUT2D eigenvalue weighted by atomic mass is 35.5. The zero-order valence-electron chi connectivity index (χ0n) is 12.3. The summed E-state index contributed by atoms with van der Waals surface area (Å²) in [6, 6.07) is 0. The first-order chi connectivity index (χ1) is 9.54. The van der Waals surface area contributed by atoms with Gasteiger partial charge in [-0.15, -0.1) is 23.2 Å². The monoisotopic (exact) mass is 317 g/mol. The summed E-state index contributed by atoms with van der Waals surface area (Å²) in [4.78, 5) is 13.0. The lowest BCUT2D eigenvalue weighted by Gasteiger charge is -2.56. The van der Waals surface area contributed by atoms with Crippen LogP contribution in [0.4, 0.5) is 0 Å². The number of hydrogen-bond donors (Lipinski definition) is 1. The molecule has 0 heterocycles. The van der Waals surface area contributed by atoms with E-state index in [1.807, 2.05) is 6.92 Å². The van der Waals surface area contributed by atoms with Gasteiger partial charge in [-0.2, -0.15) is 0 Å². The molecule has 4 aliphatic carbocycles. The van der Waals surface area contributed by atoms with Crippen molar-refractivity contribution in [2.75, 3.05) is 11.8 Å². The molecular formula is C16H25Cl2NO. The molecule has 114 valence electrons. The second-order valence-corrected chi connectivity index (χ2v) is 8.09. The Kier molecular flexibility index (Phi) is 4.01. The van der Waals surface area contributed by atoms with Gasteiger partial charge in [0.1, 0.15) is 0 Å². The zero-order valence-corrected chi connectivity index (χ0v) is 13.8. The van der Waals surface area contributed by atoms with Gasteiger partial charge in [-0.25, -0.2) is 0 Å². The van der Waals surface area contributed by atoms with Crippen LogP contribution in [0.3, 0.4) is 0 Å². The van der Waals surface area contributed by atoms with E-state index in [0.29, 0.717) is 11.8 Å². The third-order valence-electron chi connectivity index (χ3n) is 6.09. The standard InChI is InChI=1S/C16H25Cl2NO/c1-2-16(9-17,10-18)19-14(20)15-6-11-3-12(7-15)5-13(4-11)8-15/h11-13H,2-10H2,1H3,(H,19,20). The summed E-state index contributed by atoms with van der Waals surface area (Å²) in [7, 11) is 0. The third-order valence-corrected chi connectivity index (χ3v) is 7.11. The van der Waals surface area contributed by atoms with Gasteiger partial charge < -0.3 is 5.32 Å². The third kappa shape index (κ3) is 2.37. The average molecular weight is 318 g/mol. The van der Waals surface area contributed by atoms with Crippen molar-refractivity contribution in [1.82, 2.24) is 5.32 Å². The van der Waals surface area contributed by atoms with Crippen molar-refractivity contribution >= 4 is 29.1 Å². The first-order valence-electron chi connectivity index (χ1n) is 7.99. The molecule has 0 spiro atoms. The highest BCUT2D eigenvalue weighted by Crippen LogP contribution is 2.60. The van der Waals surface area contributed by atoms with E-state index in [9.17, 15) is 4.79 Å². The van der Waals surface area contributed by atoms with E-state index >= 15 is 0 Å². The van der Waals surface area contributed by atoms with Gasteiger partial charge in [-0.05, 0) is 62.7 Å². The summed E-state index contributed by atoms with van der Waals surface area (Å²) < 4.78 is 0. The Labute approximate surface area is 132 Å². The maximum absolute atomic E-state index is 13.0. The normalized spacial score (nSPS) is 39.0. The van der Waals surface area contributed by atoms with Crippen molar-refractivity contribution in [3.8, 4) is 0 Å². The smallest absolute Gasteiger partial charge is 0.226 e. The van der Waals surface area contributed by atoms with Gasteiger partial charge in [-0.1, -0.05) is 6.92 Å². The predicted octanol–water partition coefficient (Wildman–Crippen LogP) is 3.95. The van der Waals surface area contributed by atoms with Crippen molar-refractivity contribution in [1.29, 1.82) is 0 Å². The SMILES string of the molecule is CCC(CCl)(CCl)NC(=O)C12CC3CC(CC(C3)C1)C2. The molecule has 0 radical (unpaired) electrons. The van der Waals surface area contributed by atoms with E-state index in [2.05, 4.69) is 5.32 Å². The second-order valence-electron chi connectivity index (χ2n) is 7.55. The molecule has 4 rings (SSSR count). The molecule has 2 nitrogen and oxygen atoms in total. The van der Waals surface area contributed by atoms with Gasteiger partial charge in [0, 0.05) is 17.2 Å². The molecule has 0 saturated heterocycles. The van der Waals surface area contributed by atoms with E-state index < -0.39 is 5.54 Å². The Morgan fingerprint density at radius 3 is 1.90 bits per heavy atom. The molecule has 0 aromatic rings. The van der Waals surface area contributed by atoms with Crippen LogP contribution in [-0.4, -0.2) is 23.2 Å². The first-order valence-corrected chi connectivity index (χ1v) is 9.06. The maximum atomic E-state index is 13.0. The van der Waals surface area contributed by atoms with Gasteiger partial charge in [0.05, 0.1) is 5.54 Å². The molecule has 4 saturated carbocycles. The fourth-order valence-electron chi connectivity index (χ4n) is 5.14. The van der Waals surface area contributed by atoms with Gasteiger partial charge in [-0.3, -0.25) is 4.79 Å². The molecule has 0 aromatic carbocycles. The van der Waals surface area contributed by atoms with E-state index in [-0.39, 0.29) is 11.3 Å². The van der Waals surface area contributed by atoms with Crippen molar-refractivity contribution in [3.05, 3.63) is 0 Å². The minimum absolute atomic E-state index is 0.104. The van der Waals surface area contributed by atoms with Gasteiger partial charge >= 0.3 is 0 Å². The molecule has 0 aromatic heterocycles. The molecular weight excluding hydrogens is 293 g/mol. The predicted molar refractivity (Wildman–Crippen MR) is 83.2 cm³/mol. The number of hydrogen-bond acceptors (Lipinski definition) is 1. The Morgan fingerprint density at radius 1 is 1.10 bits per heavy atom. The molecule has 20 heavy (non-hydrogen) atoms. The quantitative estimate of drug-likeness (QED) is 0.764. The lowest BCUT2D eigenvalue weighted by atomic mass is 9.49. The summed E-state index contributed by atoms with van der Waals surface area (Å²) in [6.07, 6.45) is 8.14. The Hall–Kier alpha value is 0.0500. The lowest BCUT2D eigenvalue weighted by molar-refractivity contribution is -0.148. The van der Waals surface area contributed by atoms with Crippen molar-refractivity contribution in [2.45, 2.75) is 57.4 Å². The Bertz CT molecular complexity index is 348. The van der Waals surface area contributed by atoms with Crippen LogP contribution in [0.5, 0.6) is 0 Å². The number of nitrogens with one attached hydrogen (secondary N) is 1. The summed E-state index contributed by atoms with van der Waals surface area (Å²) in [6.45, 7) is 2.05. The van der Waals surface area contributed by atoms with Crippen molar-refractivity contribution in [2.24, 2.45) is 23.2 Å². The first kappa shape index (κ1) is 15.0. The summed E-state index contributed by atoms with van der Waals surface area (Å²) in [5.74, 6) is 3.38. The Morgan fingerprint density at radius 2 is 1.55 bits per heavy atom. The van der Waals surface area contributed by atoms with Gasteiger partial charge in [0.2, 0.25) is 5.91 Å². The largest absolute Gasteiger partial charge is 0.348 e. The maximum Gasteiger partial charge on any atom is 0.226 e. The van der Waals surface area contributed by atoms with E-state index in [4.69, 9.17) is 23.2 Å². The number of alkyl halides is 2. The molecule has 0 atom stereocenters. The van der Waals surface area contributed by atoms with E-state index in [1.54, 1.807) is 0 Å². The van der Waals surface area contributed by atoms with Crippen LogP contribution in [0.2, 0.25) is 0 Å². The van der Waals surface area contributed by atoms with Crippen LogP contribution in [-0.2, 0) is 4.79 Å². The topological polar surface area (TPSA) is 29.1 Å². The molecule has 1 amide bonds. The second kappa shape index (κ2) is 5.35. The van der Waals surface area contributed by atoms with E-state index in [1.165, 1.54) is 19.3 Å². The number of halogens is 2. The highest BCUT2D eigenvalue weighted by molar-refractivity contribution is 6.22. The van der Waals surface area contributed by atoms with Crippen LogP contribution >= 0.6 is 23.2 Å². The molecule has 4 heteroatoms. The fourth-order valence-corrected chi connectivity index (χ4v) is 5.94. The summed E-state index contributed by atoms with van der Waals surface area (Å²) in [5.41, 5.74) is -0.531. The van der Waals surface area contributed by atoms with Gasteiger partial charge in [0.25, 0.3) is 0 Å². The highest BCUT2D eigenvalue weighted by Gasteiger charge is 2.55. The number of amides is 1. The number of carbonyl (C=O) groups excluding carboxylic acids is 1. The fraction of sp³-hybridized carbons (Fsp3) is 0.938. The summed E-state index contributed by atoms with van der Waals surface area (Å²) in [5, 5.41) is 3.23. The summed E-state index contributed by atoms with van der Waals surface area (Å²) >= 11 is 12.2. The number of rotatable bonds is 5. The lowest BCUT2D eigenvalue weighted by Crippen LogP contribution is -2.60. The van der Waals surface area contributed by atoms with Crippen molar-refractivity contribution < 1.29 is 4.79 Å². The van der Waals surface area contributed by atoms with E-state index in [0.717, 1.165) is 43.4 Å². The Balaban J connectivity index is 1.77. The van der Waals surface area contributed by atoms with Crippen LogP contribution in [0.25, 0.3) is 0 Å². The number of carbonyl (C=O) groups is 1. The molecule has 4 fully saturated rings. The van der Waals surface area contributed by atoms with Gasteiger partial charge in [0.15, 0.2) is 0 Å². The van der Waals surface area contributed by atoms with Crippen LogP contribution < -0.4 is 5.32 Å². The average Bonchev–Trinajstić information content (AvgIpc) is 2.43. The molecule has 0 aliphatic heterocycles. The van der Waals surface area contributed by atoms with Crippen LogP contribution in [0.1, 0.15) is 51.9 Å². The minimum atomic E-state index is -0.427. The van der Waals surface area contributed by atoms with Crippen LogP contribution in [0.15, 0.2) is 0 Å². The van der Waals surface area contributed by atoms with Crippen molar-refractivity contribution in [3.63, 3.8) is 0 Å². The molecule has 4 aliphatic rings. The molecule has 4 bridgehead atoms. The molecule has 0 unspecified atom stereocenters.